The van der Waals surface area contributed by atoms with Gasteiger partial charge in [0.05, 0.1) is 12.6 Å². The van der Waals surface area contributed by atoms with E-state index in [1.807, 2.05) is 6.92 Å². The van der Waals surface area contributed by atoms with Crippen molar-refractivity contribution in [3.63, 3.8) is 0 Å². The number of H-pyrrole nitrogens is 1. The molecule has 1 aromatic heterocycles. The second kappa shape index (κ2) is 3.93. The third-order valence-electron chi connectivity index (χ3n) is 2.59. The summed E-state index contributed by atoms with van der Waals surface area (Å²) >= 11 is 0. The summed E-state index contributed by atoms with van der Waals surface area (Å²) in [6, 6.07) is 4.81. The highest BCUT2D eigenvalue weighted by Crippen LogP contribution is 2.22. The molecule has 0 spiro atoms. The molecular formula is C12H11NO4. The second-order valence-electron chi connectivity index (χ2n) is 3.73. The van der Waals surface area contributed by atoms with E-state index in [1.54, 1.807) is 12.1 Å². The summed E-state index contributed by atoms with van der Waals surface area (Å²) in [4.78, 5) is 24.9. The number of benzene rings is 1. The van der Waals surface area contributed by atoms with Gasteiger partial charge in [0, 0.05) is 5.39 Å². The fourth-order valence-electron chi connectivity index (χ4n) is 1.74. The van der Waals surface area contributed by atoms with Crippen molar-refractivity contribution in [3.8, 4) is 5.75 Å². The number of carbonyl (C=O) groups is 1. The minimum absolute atomic E-state index is 0.273. The van der Waals surface area contributed by atoms with Crippen LogP contribution in [0.1, 0.15) is 15.9 Å². The lowest BCUT2D eigenvalue weighted by Gasteiger charge is -2.06. The molecule has 1 heterocycles. The quantitative estimate of drug-likeness (QED) is 0.824. The van der Waals surface area contributed by atoms with Crippen LogP contribution in [0.5, 0.6) is 5.75 Å². The molecule has 2 rings (SSSR count). The van der Waals surface area contributed by atoms with E-state index in [9.17, 15) is 9.59 Å². The maximum atomic E-state index is 11.5. The van der Waals surface area contributed by atoms with Crippen molar-refractivity contribution >= 4 is 16.9 Å². The van der Waals surface area contributed by atoms with Gasteiger partial charge in [0.2, 0.25) is 0 Å². The van der Waals surface area contributed by atoms with Crippen LogP contribution in [0.15, 0.2) is 23.0 Å². The summed E-state index contributed by atoms with van der Waals surface area (Å²) in [5.41, 5.74) is 0.581. The first-order valence-corrected chi connectivity index (χ1v) is 4.98. The number of fused-ring (bicyclic) bond motifs is 1. The number of methoxy groups -OCH3 is 1. The summed E-state index contributed by atoms with van der Waals surface area (Å²) < 4.78 is 5.09. The van der Waals surface area contributed by atoms with Crippen LogP contribution in [-0.2, 0) is 0 Å². The number of carboxylic acids is 1. The molecule has 0 saturated carbocycles. The number of rotatable bonds is 2. The van der Waals surface area contributed by atoms with Crippen molar-refractivity contribution in [2.45, 2.75) is 6.92 Å². The summed E-state index contributed by atoms with van der Waals surface area (Å²) in [6.45, 7) is 1.82. The van der Waals surface area contributed by atoms with E-state index in [1.165, 1.54) is 13.2 Å². The number of pyridine rings is 1. The van der Waals surface area contributed by atoms with Gasteiger partial charge in [-0.1, -0.05) is 0 Å². The fraction of sp³-hybridized carbons (Fsp3) is 0.167. The molecule has 1 aromatic carbocycles. The van der Waals surface area contributed by atoms with E-state index in [0.717, 1.165) is 5.56 Å². The van der Waals surface area contributed by atoms with Crippen LogP contribution in [0.3, 0.4) is 0 Å². The first-order chi connectivity index (χ1) is 8.02. The van der Waals surface area contributed by atoms with Crippen LogP contribution in [0.4, 0.5) is 0 Å². The summed E-state index contributed by atoms with van der Waals surface area (Å²) in [5.74, 6) is -0.619. The molecule has 2 N–H and O–H groups in total. The summed E-state index contributed by atoms with van der Waals surface area (Å²) in [7, 11) is 1.53. The van der Waals surface area contributed by atoms with Crippen molar-refractivity contribution in [3.05, 3.63) is 39.7 Å². The van der Waals surface area contributed by atoms with Gasteiger partial charge in [0.25, 0.3) is 5.56 Å². The number of aromatic carboxylic acids is 1. The highest BCUT2D eigenvalue weighted by molar-refractivity contribution is 5.93. The smallest absolute Gasteiger partial charge is 0.341 e. The molecule has 0 amide bonds. The Balaban J connectivity index is 2.84. The molecule has 2 aromatic rings. The Morgan fingerprint density at radius 3 is 2.65 bits per heavy atom. The molecule has 5 nitrogen and oxygen atoms in total. The highest BCUT2D eigenvalue weighted by Gasteiger charge is 2.11. The van der Waals surface area contributed by atoms with Crippen molar-refractivity contribution in [1.82, 2.24) is 4.98 Å². The van der Waals surface area contributed by atoms with E-state index in [4.69, 9.17) is 9.84 Å². The van der Waals surface area contributed by atoms with E-state index < -0.39 is 11.5 Å². The Kier molecular flexibility index (Phi) is 2.59. The van der Waals surface area contributed by atoms with Gasteiger partial charge in [0.1, 0.15) is 11.3 Å². The number of aromatic amines is 1. The van der Waals surface area contributed by atoms with Crippen LogP contribution >= 0.6 is 0 Å². The van der Waals surface area contributed by atoms with Crippen LogP contribution in [0.25, 0.3) is 10.9 Å². The Morgan fingerprint density at radius 1 is 1.35 bits per heavy atom. The SMILES string of the molecule is COc1cc(C)c2[nH]c(=O)c(C(=O)O)cc2c1. The number of hydrogen-bond acceptors (Lipinski definition) is 3. The van der Waals surface area contributed by atoms with Crippen LogP contribution in [0, 0.1) is 6.92 Å². The predicted molar refractivity (Wildman–Crippen MR) is 62.8 cm³/mol. The zero-order valence-electron chi connectivity index (χ0n) is 9.40. The van der Waals surface area contributed by atoms with Gasteiger partial charge < -0.3 is 14.8 Å². The molecule has 0 atom stereocenters. The molecular weight excluding hydrogens is 222 g/mol. The zero-order chi connectivity index (χ0) is 12.6. The fourth-order valence-corrected chi connectivity index (χ4v) is 1.74. The molecule has 0 bridgehead atoms. The van der Waals surface area contributed by atoms with Gasteiger partial charge in [-0.3, -0.25) is 4.79 Å². The van der Waals surface area contributed by atoms with E-state index in [2.05, 4.69) is 4.98 Å². The lowest BCUT2D eigenvalue weighted by molar-refractivity contribution is 0.0695. The van der Waals surface area contributed by atoms with Crippen molar-refractivity contribution in [1.29, 1.82) is 0 Å². The van der Waals surface area contributed by atoms with Gasteiger partial charge in [-0.15, -0.1) is 0 Å². The molecule has 0 aliphatic rings. The van der Waals surface area contributed by atoms with Crippen molar-refractivity contribution in [2.24, 2.45) is 0 Å². The lowest BCUT2D eigenvalue weighted by Crippen LogP contribution is -2.17. The minimum Gasteiger partial charge on any atom is -0.497 e. The number of aromatic nitrogens is 1. The largest absolute Gasteiger partial charge is 0.497 e. The maximum absolute atomic E-state index is 11.5. The number of hydrogen-bond donors (Lipinski definition) is 2. The van der Waals surface area contributed by atoms with E-state index >= 15 is 0 Å². The molecule has 0 aliphatic heterocycles. The molecule has 0 saturated heterocycles. The summed E-state index contributed by atoms with van der Waals surface area (Å²) in [5, 5.41) is 9.51. The van der Waals surface area contributed by atoms with Crippen LogP contribution < -0.4 is 10.3 Å². The van der Waals surface area contributed by atoms with Crippen molar-refractivity contribution in [2.75, 3.05) is 7.11 Å². The molecule has 0 radical (unpaired) electrons. The maximum Gasteiger partial charge on any atom is 0.341 e. The topological polar surface area (TPSA) is 79.4 Å². The Hall–Kier alpha value is -2.30. The number of aryl methyl sites for hydroxylation is 1. The molecule has 0 fully saturated rings. The monoisotopic (exact) mass is 233 g/mol. The highest BCUT2D eigenvalue weighted by atomic mass is 16.5. The number of carboxylic acid groups (broad SMARTS) is 1. The molecule has 0 aliphatic carbocycles. The molecule has 0 unspecified atom stereocenters. The number of ether oxygens (including phenoxy) is 1. The minimum atomic E-state index is -1.24. The predicted octanol–water partition coefficient (Wildman–Crippen LogP) is 1.54. The van der Waals surface area contributed by atoms with Gasteiger partial charge in [0.15, 0.2) is 0 Å². The third kappa shape index (κ3) is 1.87. The Morgan fingerprint density at radius 2 is 2.06 bits per heavy atom. The van der Waals surface area contributed by atoms with Crippen LogP contribution in [-0.4, -0.2) is 23.2 Å². The molecule has 88 valence electrons. The van der Waals surface area contributed by atoms with Gasteiger partial charge in [-0.25, -0.2) is 4.79 Å². The zero-order valence-corrected chi connectivity index (χ0v) is 9.40. The first kappa shape index (κ1) is 11.2. The summed E-state index contributed by atoms with van der Waals surface area (Å²) in [6.07, 6.45) is 0. The first-order valence-electron chi connectivity index (χ1n) is 4.98. The standard InChI is InChI=1S/C12H11NO4/c1-6-3-8(17-2)4-7-5-9(12(15)16)11(14)13-10(6)7/h3-5H,1-2H3,(H,13,14)(H,15,16). The van der Waals surface area contributed by atoms with Gasteiger partial charge in [-0.05, 0) is 30.7 Å². The molecule has 5 heteroatoms. The average molecular weight is 233 g/mol. The Labute approximate surface area is 96.7 Å². The van der Waals surface area contributed by atoms with Gasteiger partial charge in [-0.2, -0.15) is 0 Å². The van der Waals surface area contributed by atoms with E-state index in [0.29, 0.717) is 16.7 Å². The van der Waals surface area contributed by atoms with E-state index in [-0.39, 0.29) is 5.56 Å². The molecule has 17 heavy (non-hydrogen) atoms. The van der Waals surface area contributed by atoms with Crippen LogP contribution in [0.2, 0.25) is 0 Å². The Bertz CT molecular complexity index is 657. The average Bonchev–Trinajstić information content (AvgIpc) is 2.28. The second-order valence-corrected chi connectivity index (χ2v) is 3.73. The normalized spacial score (nSPS) is 10.5. The van der Waals surface area contributed by atoms with Gasteiger partial charge >= 0.3 is 5.97 Å². The number of nitrogens with one attached hydrogen (secondary N) is 1. The lowest BCUT2D eigenvalue weighted by atomic mass is 10.1. The van der Waals surface area contributed by atoms with Crippen molar-refractivity contribution < 1.29 is 14.6 Å². The third-order valence-corrected chi connectivity index (χ3v) is 2.59.